The molecule has 0 amide bonds. The second kappa shape index (κ2) is 7.60. The van der Waals surface area contributed by atoms with Crippen molar-refractivity contribution in [2.45, 2.75) is 38.3 Å². The van der Waals surface area contributed by atoms with Crippen LogP contribution in [0.5, 0.6) is 0 Å². The molecule has 3 nitrogen and oxygen atoms in total. The van der Waals surface area contributed by atoms with Crippen LogP contribution in [0.3, 0.4) is 0 Å². The Balaban J connectivity index is 1.76. The predicted molar refractivity (Wildman–Crippen MR) is 82.0 cm³/mol. The van der Waals surface area contributed by atoms with Gasteiger partial charge in [-0.1, -0.05) is 11.6 Å². The van der Waals surface area contributed by atoms with Crippen LogP contribution in [0.25, 0.3) is 0 Å². The van der Waals surface area contributed by atoms with Crippen LogP contribution in [-0.4, -0.2) is 37.2 Å². The molecule has 2 heterocycles. The van der Waals surface area contributed by atoms with Crippen molar-refractivity contribution in [3.05, 3.63) is 21.3 Å². The average Bonchev–Trinajstić information content (AvgIpc) is 2.86. The van der Waals surface area contributed by atoms with Crippen LogP contribution in [0.4, 0.5) is 0 Å². The van der Waals surface area contributed by atoms with Gasteiger partial charge in [0, 0.05) is 25.7 Å². The molecule has 1 aromatic rings. The van der Waals surface area contributed by atoms with E-state index in [9.17, 15) is 0 Å². The van der Waals surface area contributed by atoms with E-state index < -0.39 is 0 Å². The molecule has 0 bridgehead atoms. The first-order chi connectivity index (χ1) is 9.20. The Morgan fingerprint density at radius 3 is 2.84 bits per heavy atom. The lowest BCUT2D eigenvalue weighted by Gasteiger charge is -2.35. The number of hydrogen-bond donors (Lipinski definition) is 1. The van der Waals surface area contributed by atoms with Crippen molar-refractivity contribution < 1.29 is 4.74 Å². The first-order valence-electron chi connectivity index (χ1n) is 7.00. The highest BCUT2D eigenvalue weighted by atomic mass is 35.5. The molecule has 0 aromatic carbocycles. The molecule has 1 fully saturated rings. The normalized spacial score (nSPS) is 19.7. The minimum Gasteiger partial charge on any atom is -0.378 e. The van der Waals surface area contributed by atoms with Crippen LogP contribution < -0.4 is 5.73 Å². The minimum atomic E-state index is 0.418. The summed E-state index contributed by atoms with van der Waals surface area (Å²) in [6.45, 7) is 5.98. The molecule has 1 atom stereocenters. The van der Waals surface area contributed by atoms with Crippen LogP contribution in [0.2, 0.25) is 4.34 Å². The zero-order valence-corrected chi connectivity index (χ0v) is 13.1. The van der Waals surface area contributed by atoms with Crippen molar-refractivity contribution in [3.8, 4) is 0 Å². The first kappa shape index (κ1) is 15.3. The minimum absolute atomic E-state index is 0.418. The molecule has 2 rings (SSSR count). The fourth-order valence-corrected chi connectivity index (χ4v) is 3.49. The highest BCUT2D eigenvalue weighted by Gasteiger charge is 2.24. The summed E-state index contributed by atoms with van der Waals surface area (Å²) in [7, 11) is 0. The van der Waals surface area contributed by atoms with E-state index in [1.54, 1.807) is 11.3 Å². The molecule has 1 saturated heterocycles. The zero-order valence-electron chi connectivity index (χ0n) is 11.5. The lowest BCUT2D eigenvalue weighted by Crippen LogP contribution is -2.38. The SMILES string of the molecule is CC(c1csc(Cl)c1)N1CCC(OCCCN)CC1. The first-order valence-corrected chi connectivity index (χ1v) is 8.26. The topological polar surface area (TPSA) is 38.5 Å². The van der Waals surface area contributed by atoms with Gasteiger partial charge in [-0.3, -0.25) is 4.90 Å². The molecular weight excluding hydrogens is 280 g/mol. The van der Waals surface area contributed by atoms with Crippen LogP contribution in [-0.2, 0) is 4.74 Å². The Morgan fingerprint density at radius 1 is 1.53 bits per heavy atom. The Labute approximate surface area is 124 Å². The van der Waals surface area contributed by atoms with Crippen molar-refractivity contribution in [1.29, 1.82) is 0 Å². The van der Waals surface area contributed by atoms with Crippen molar-refractivity contribution in [2.75, 3.05) is 26.2 Å². The van der Waals surface area contributed by atoms with Gasteiger partial charge in [0.15, 0.2) is 0 Å². The summed E-state index contributed by atoms with van der Waals surface area (Å²) in [5.41, 5.74) is 6.81. The second-order valence-corrected chi connectivity index (χ2v) is 6.65. The van der Waals surface area contributed by atoms with Crippen LogP contribution in [0.15, 0.2) is 11.4 Å². The molecule has 1 aliphatic rings. The van der Waals surface area contributed by atoms with E-state index in [2.05, 4.69) is 23.3 Å². The van der Waals surface area contributed by atoms with Crippen LogP contribution >= 0.6 is 22.9 Å². The van der Waals surface area contributed by atoms with Gasteiger partial charge in [0.2, 0.25) is 0 Å². The summed E-state index contributed by atoms with van der Waals surface area (Å²) < 4.78 is 6.71. The Bertz CT molecular complexity index is 377. The second-order valence-electron chi connectivity index (χ2n) is 5.11. The number of nitrogens with zero attached hydrogens (tertiary/aromatic N) is 1. The largest absolute Gasteiger partial charge is 0.378 e. The summed E-state index contributed by atoms with van der Waals surface area (Å²) in [6.07, 6.45) is 3.62. The third kappa shape index (κ3) is 4.43. The molecule has 1 aliphatic heterocycles. The van der Waals surface area contributed by atoms with Gasteiger partial charge < -0.3 is 10.5 Å². The molecule has 0 radical (unpaired) electrons. The van der Waals surface area contributed by atoms with Gasteiger partial charge in [-0.05, 0) is 49.7 Å². The summed E-state index contributed by atoms with van der Waals surface area (Å²) in [6, 6.07) is 2.54. The number of halogens is 1. The fourth-order valence-electron chi connectivity index (χ4n) is 2.52. The van der Waals surface area contributed by atoms with E-state index in [1.165, 1.54) is 5.56 Å². The van der Waals surface area contributed by atoms with Gasteiger partial charge in [0.25, 0.3) is 0 Å². The number of nitrogens with two attached hydrogens (primary N) is 1. The van der Waals surface area contributed by atoms with Crippen molar-refractivity contribution in [1.82, 2.24) is 4.90 Å². The number of likely N-dealkylation sites (tertiary alicyclic amines) is 1. The highest BCUT2D eigenvalue weighted by molar-refractivity contribution is 7.14. The molecule has 0 aliphatic carbocycles. The average molecular weight is 303 g/mol. The number of hydrogen-bond acceptors (Lipinski definition) is 4. The quantitative estimate of drug-likeness (QED) is 0.820. The maximum absolute atomic E-state index is 6.01. The number of ether oxygens (including phenoxy) is 1. The van der Waals surface area contributed by atoms with Gasteiger partial charge in [0.1, 0.15) is 0 Å². The third-order valence-corrected chi connectivity index (χ3v) is 4.91. The molecule has 5 heteroatoms. The van der Waals surface area contributed by atoms with Gasteiger partial charge in [0.05, 0.1) is 10.4 Å². The number of piperidine rings is 1. The number of thiophene rings is 1. The predicted octanol–water partition coefficient (Wildman–Crippen LogP) is 3.29. The summed E-state index contributed by atoms with van der Waals surface area (Å²) in [5.74, 6) is 0. The Hall–Kier alpha value is -0.130. The fraction of sp³-hybridized carbons (Fsp3) is 0.714. The van der Waals surface area contributed by atoms with Gasteiger partial charge in [-0.15, -0.1) is 11.3 Å². The Morgan fingerprint density at radius 2 is 2.26 bits per heavy atom. The lowest BCUT2D eigenvalue weighted by atomic mass is 10.0. The molecule has 108 valence electrons. The van der Waals surface area contributed by atoms with Crippen molar-refractivity contribution in [3.63, 3.8) is 0 Å². The van der Waals surface area contributed by atoms with E-state index in [4.69, 9.17) is 22.1 Å². The number of rotatable bonds is 6. The molecule has 1 unspecified atom stereocenters. The maximum Gasteiger partial charge on any atom is 0.0931 e. The third-order valence-electron chi connectivity index (χ3n) is 3.80. The summed E-state index contributed by atoms with van der Waals surface area (Å²) in [4.78, 5) is 2.52. The molecule has 0 saturated carbocycles. The smallest absolute Gasteiger partial charge is 0.0931 e. The molecule has 1 aromatic heterocycles. The molecule has 2 N–H and O–H groups in total. The van der Waals surface area contributed by atoms with E-state index in [0.29, 0.717) is 12.1 Å². The summed E-state index contributed by atoms with van der Waals surface area (Å²) in [5, 5.41) is 2.16. The van der Waals surface area contributed by atoms with Gasteiger partial charge in [-0.2, -0.15) is 0 Å². The van der Waals surface area contributed by atoms with E-state index in [-0.39, 0.29) is 0 Å². The summed E-state index contributed by atoms with van der Waals surface area (Å²) >= 11 is 7.62. The molecular formula is C14H23ClN2OS. The van der Waals surface area contributed by atoms with Crippen molar-refractivity contribution >= 4 is 22.9 Å². The monoisotopic (exact) mass is 302 g/mol. The lowest BCUT2D eigenvalue weighted by molar-refractivity contribution is -0.000711. The van der Waals surface area contributed by atoms with Gasteiger partial charge in [-0.25, -0.2) is 0 Å². The van der Waals surface area contributed by atoms with Crippen LogP contribution in [0.1, 0.15) is 37.8 Å². The molecule has 19 heavy (non-hydrogen) atoms. The Kier molecular flexibility index (Phi) is 6.10. The van der Waals surface area contributed by atoms with E-state index in [1.807, 2.05) is 0 Å². The van der Waals surface area contributed by atoms with Crippen LogP contribution in [0, 0.1) is 0 Å². The maximum atomic E-state index is 6.01. The standard InChI is InChI=1S/C14H23ClN2OS/c1-11(12-9-14(15)19-10-12)17-6-3-13(4-7-17)18-8-2-5-16/h9-11,13H,2-8,16H2,1H3. The van der Waals surface area contributed by atoms with Gasteiger partial charge >= 0.3 is 0 Å². The van der Waals surface area contributed by atoms with E-state index in [0.717, 1.165) is 49.8 Å². The van der Waals surface area contributed by atoms with E-state index >= 15 is 0 Å². The zero-order chi connectivity index (χ0) is 13.7. The molecule has 0 spiro atoms. The highest BCUT2D eigenvalue weighted by Crippen LogP contribution is 2.30. The van der Waals surface area contributed by atoms with Crippen molar-refractivity contribution in [2.24, 2.45) is 5.73 Å².